The molecule has 1 aliphatic rings. The lowest BCUT2D eigenvalue weighted by Gasteiger charge is -2.34. The average Bonchev–Trinajstić information content (AvgIpc) is 2.48. The van der Waals surface area contributed by atoms with Crippen LogP contribution in [0.15, 0.2) is 24.3 Å². The quantitative estimate of drug-likeness (QED) is 0.800. The molecule has 2 N–H and O–H groups in total. The van der Waals surface area contributed by atoms with Crippen molar-refractivity contribution in [1.82, 2.24) is 10.2 Å². The number of β-amino-alcohol motifs (C(OH)–C–C–N with tert-alkyl or cyclic N) is 1. The van der Waals surface area contributed by atoms with Gasteiger partial charge in [0.2, 0.25) is 0 Å². The van der Waals surface area contributed by atoms with E-state index >= 15 is 0 Å². The molecule has 0 spiro atoms. The molecule has 0 aliphatic carbocycles. The minimum absolute atomic E-state index is 0.210. The molecule has 22 heavy (non-hydrogen) atoms. The van der Waals surface area contributed by atoms with Crippen molar-refractivity contribution < 1.29 is 14.2 Å². The van der Waals surface area contributed by atoms with Gasteiger partial charge in [-0.1, -0.05) is 12.1 Å². The zero-order valence-corrected chi connectivity index (χ0v) is 13.5. The van der Waals surface area contributed by atoms with E-state index in [-0.39, 0.29) is 11.9 Å². The van der Waals surface area contributed by atoms with Crippen LogP contribution in [0.25, 0.3) is 0 Å². The van der Waals surface area contributed by atoms with Gasteiger partial charge in [0.25, 0.3) is 0 Å². The average molecular weight is 310 g/mol. The summed E-state index contributed by atoms with van der Waals surface area (Å²) >= 11 is 0. The van der Waals surface area contributed by atoms with Crippen molar-refractivity contribution in [1.29, 1.82) is 0 Å². The molecular weight excluding hydrogens is 283 g/mol. The zero-order valence-electron chi connectivity index (χ0n) is 13.5. The Hall–Kier alpha value is -1.01. The molecule has 5 heteroatoms. The van der Waals surface area contributed by atoms with Crippen molar-refractivity contribution in [2.24, 2.45) is 0 Å². The van der Waals surface area contributed by atoms with Gasteiger partial charge >= 0.3 is 0 Å². The van der Waals surface area contributed by atoms with Gasteiger partial charge in [-0.25, -0.2) is 4.39 Å². The summed E-state index contributed by atoms with van der Waals surface area (Å²) in [5, 5.41) is 13.9. The van der Waals surface area contributed by atoms with Gasteiger partial charge in [-0.3, -0.25) is 4.90 Å². The normalized spacial score (nSPS) is 20.5. The SMILES string of the molecule is CC(Cc1ccc(F)cc1)NCC(C)(O)CN1CCOCC1. The van der Waals surface area contributed by atoms with Gasteiger partial charge in [-0.15, -0.1) is 0 Å². The maximum Gasteiger partial charge on any atom is 0.123 e. The van der Waals surface area contributed by atoms with Crippen LogP contribution in [0.4, 0.5) is 4.39 Å². The Morgan fingerprint density at radius 2 is 1.95 bits per heavy atom. The van der Waals surface area contributed by atoms with Crippen LogP contribution < -0.4 is 5.32 Å². The van der Waals surface area contributed by atoms with E-state index in [0.717, 1.165) is 38.3 Å². The summed E-state index contributed by atoms with van der Waals surface area (Å²) in [4.78, 5) is 2.23. The minimum Gasteiger partial charge on any atom is -0.388 e. The largest absolute Gasteiger partial charge is 0.388 e. The van der Waals surface area contributed by atoms with Crippen LogP contribution in [0, 0.1) is 5.82 Å². The van der Waals surface area contributed by atoms with Crippen molar-refractivity contribution in [3.05, 3.63) is 35.6 Å². The number of morpholine rings is 1. The van der Waals surface area contributed by atoms with Gasteiger partial charge < -0.3 is 15.2 Å². The number of hydrogen-bond acceptors (Lipinski definition) is 4. The van der Waals surface area contributed by atoms with Crippen LogP contribution in [0.2, 0.25) is 0 Å². The van der Waals surface area contributed by atoms with Crippen molar-refractivity contribution >= 4 is 0 Å². The number of benzene rings is 1. The summed E-state index contributed by atoms with van der Waals surface area (Å²) in [5.74, 6) is -0.210. The predicted octanol–water partition coefficient (Wildman–Crippen LogP) is 1.43. The summed E-state index contributed by atoms with van der Waals surface area (Å²) in [6.45, 7) is 8.35. The highest BCUT2D eigenvalue weighted by molar-refractivity contribution is 5.17. The van der Waals surface area contributed by atoms with Gasteiger partial charge in [0.1, 0.15) is 5.82 Å². The van der Waals surface area contributed by atoms with E-state index in [1.165, 1.54) is 12.1 Å². The number of ether oxygens (including phenoxy) is 1. The smallest absolute Gasteiger partial charge is 0.123 e. The molecule has 2 unspecified atom stereocenters. The first-order chi connectivity index (χ1) is 10.4. The highest BCUT2D eigenvalue weighted by Crippen LogP contribution is 2.10. The summed E-state index contributed by atoms with van der Waals surface area (Å²) in [6.07, 6.45) is 0.813. The van der Waals surface area contributed by atoms with Crippen molar-refractivity contribution in [2.75, 3.05) is 39.4 Å². The van der Waals surface area contributed by atoms with E-state index in [1.807, 2.05) is 6.92 Å². The number of aliphatic hydroxyl groups is 1. The Kier molecular flexibility index (Phi) is 6.32. The van der Waals surface area contributed by atoms with E-state index in [4.69, 9.17) is 4.74 Å². The van der Waals surface area contributed by atoms with Crippen molar-refractivity contribution in [3.63, 3.8) is 0 Å². The second-order valence-electron chi connectivity index (χ2n) is 6.50. The third-order valence-corrected chi connectivity index (χ3v) is 3.95. The molecule has 0 radical (unpaired) electrons. The van der Waals surface area contributed by atoms with Gasteiger partial charge in [0, 0.05) is 32.2 Å². The third kappa shape index (κ3) is 6.01. The Bertz CT molecular complexity index is 444. The molecular formula is C17H27FN2O2. The van der Waals surface area contributed by atoms with Gasteiger partial charge in [0.05, 0.1) is 18.8 Å². The summed E-state index contributed by atoms with van der Waals surface area (Å²) < 4.78 is 18.2. The van der Waals surface area contributed by atoms with Gasteiger partial charge in [0.15, 0.2) is 0 Å². The lowest BCUT2D eigenvalue weighted by molar-refractivity contribution is -0.0226. The van der Waals surface area contributed by atoms with Gasteiger partial charge in [-0.05, 0) is 38.0 Å². The van der Waals surface area contributed by atoms with Crippen LogP contribution in [-0.4, -0.2) is 61.0 Å². The summed E-state index contributed by atoms with van der Waals surface area (Å²) in [5.41, 5.74) is 0.322. The van der Waals surface area contributed by atoms with Crippen LogP contribution in [0.3, 0.4) is 0 Å². The molecule has 4 nitrogen and oxygen atoms in total. The van der Waals surface area contributed by atoms with Crippen molar-refractivity contribution in [3.8, 4) is 0 Å². The Labute approximate surface area is 132 Å². The Balaban J connectivity index is 1.73. The molecule has 0 saturated carbocycles. The molecule has 1 saturated heterocycles. The maximum atomic E-state index is 12.9. The number of hydrogen-bond donors (Lipinski definition) is 2. The number of halogens is 1. The Morgan fingerprint density at radius 3 is 2.59 bits per heavy atom. The maximum absolute atomic E-state index is 12.9. The fraction of sp³-hybridized carbons (Fsp3) is 0.647. The first-order valence-electron chi connectivity index (χ1n) is 7.95. The fourth-order valence-corrected chi connectivity index (χ4v) is 2.74. The first-order valence-corrected chi connectivity index (χ1v) is 7.95. The van der Waals surface area contributed by atoms with E-state index in [2.05, 4.69) is 17.1 Å². The molecule has 0 amide bonds. The van der Waals surface area contributed by atoms with Crippen LogP contribution in [0.5, 0.6) is 0 Å². The number of nitrogens with zero attached hydrogens (tertiary/aromatic N) is 1. The minimum atomic E-state index is -0.769. The summed E-state index contributed by atoms with van der Waals surface area (Å²) in [7, 11) is 0. The van der Waals surface area contributed by atoms with E-state index < -0.39 is 5.60 Å². The lowest BCUT2D eigenvalue weighted by Crippen LogP contribution is -2.51. The molecule has 124 valence electrons. The highest BCUT2D eigenvalue weighted by Gasteiger charge is 2.25. The number of nitrogens with one attached hydrogen (secondary N) is 1. The molecule has 1 heterocycles. The molecule has 1 fully saturated rings. The van der Waals surface area contributed by atoms with Crippen LogP contribution in [-0.2, 0) is 11.2 Å². The lowest BCUT2D eigenvalue weighted by atomic mass is 10.0. The molecule has 0 bridgehead atoms. The second-order valence-corrected chi connectivity index (χ2v) is 6.50. The third-order valence-electron chi connectivity index (χ3n) is 3.95. The van der Waals surface area contributed by atoms with Crippen LogP contribution in [0.1, 0.15) is 19.4 Å². The molecule has 0 aromatic heterocycles. The van der Waals surface area contributed by atoms with E-state index in [1.54, 1.807) is 12.1 Å². The fourth-order valence-electron chi connectivity index (χ4n) is 2.74. The summed E-state index contributed by atoms with van der Waals surface area (Å²) in [6, 6.07) is 6.80. The van der Waals surface area contributed by atoms with Gasteiger partial charge in [-0.2, -0.15) is 0 Å². The second kappa shape index (κ2) is 8.02. The molecule has 1 aromatic rings. The van der Waals surface area contributed by atoms with E-state index in [0.29, 0.717) is 13.1 Å². The first kappa shape index (κ1) is 17.3. The molecule has 2 rings (SSSR count). The standard InChI is InChI=1S/C17H27FN2O2/c1-14(11-15-3-5-16(18)6-4-15)19-12-17(2,21)13-20-7-9-22-10-8-20/h3-6,14,19,21H,7-13H2,1-2H3. The highest BCUT2D eigenvalue weighted by atomic mass is 19.1. The monoisotopic (exact) mass is 310 g/mol. The molecule has 2 atom stereocenters. The van der Waals surface area contributed by atoms with E-state index in [9.17, 15) is 9.50 Å². The molecule has 1 aliphatic heterocycles. The zero-order chi connectivity index (χ0) is 16.0. The topological polar surface area (TPSA) is 44.7 Å². The van der Waals surface area contributed by atoms with Crippen molar-refractivity contribution in [2.45, 2.75) is 31.9 Å². The molecule has 1 aromatic carbocycles. The predicted molar refractivity (Wildman–Crippen MR) is 85.5 cm³/mol. The van der Waals surface area contributed by atoms with Crippen LogP contribution >= 0.6 is 0 Å². The number of rotatable bonds is 7. The Morgan fingerprint density at radius 1 is 1.32 bits per heavy atom.